The Balaban J connectivity index is 1.63. The Bertz CT molecular complexity index is 1080. The number of anilines is 1. The van der Waals surface area contributed by atoms with E-state index in [0.29, 0.717) is 36.1 Å². The number of benzene rings is 1. The first-order chi connectivity index (χ1) is 14.5. The number of hydrogen-bond donors (Lipinski definition) is 1. The maximum atomic E-state index is 13.0. The van der Waals surface area contributed by atoms with Gasteiger partial charge in [0.05, 0.1) is 23.6 Å². The molecule has 1 fully saturated rings. The largest absolute Gasteiger partial charge is 0.370 e. The van der Waals surface area contributed by atoms with E-state index in [1.807, 2.05) is 38.4 Å². The quantitative estimate of drug-likeness (QED) is 0.690. The minimum atomic E-state index is -0.381. The molecule has 156 valence electrons. The number of hydrogen-bond acceptors (Lipinski definition) is 7. The lowest BCUT2D eigenvalue weighted by atomic mass is 10.0. The lowest BCUT2D eigenvalue weighted by molar-refractivity contribution is -0.0222. The fourth-order valence-electron chi connectivity index (χ4n) is 3.52. The fourth-order valence-corrected chi connectivity index (χ4v) is 4.72. The molecule has 3 heterocycles. The summed E-state index contributed by atoms with van der Waals surface area (Å²) in [5.74, 6) is 0.256. The Hall–Kier alpha value is -3.04. The van der Waals surface area contributed by atoms with Crippen molar-refractivity contribution in [1.29, 1.82) is 0 Å². The first kappa shape index (κ1) is 20.2. The molecule has 9 heteroatoms. The Morgan fingerprint density at radius 3 is 2.67 bits per heavy atom. The van der Waals surface area contributed by atoms with E-state index in [2.05, 4.69) is 15.3 Å². The smallest absolute Gasteiger partial charge is 0.261 e. The number of morpholine rings is 1. The van der Waals surface area contributed by atoms with Gasteiger partial charge in [0.15, 0.2) is 0 Å². The molecule has 2 amide bonds. The number of nitrogens with one attached hydrogen (secondary N) is 1. The maximum Gasteiger partial charge on any atom is 0.261 e. The monoisotopic (exact) mass is 425 g/mol. The van der Waals surface area contributed by atoms with Crippen LogP contribution in [-0.4, -0.2) is 67.5 Å². The lowest BCUT2D eigenvalue weighted by Gasteiger charge is -2.33. The molecule has 1 atom stereocenters. The molecule has 1 saturated heterocycles. The van der Waals surface area contributed by atoms with Crippen molar-refractivity contribution < 1.29 is 14.3 Å². The van der Waals surface area contributed by atoms with Crippen LogP contribution in [0.2, 0.25) is 0 Å². The number of thiophene rings is 1. The number of amides is 2. The first-order valence-electron chi connectivity index (χ1n) is 9.63. The van der Waals surface area contributed by atoms with Crippen LogP contribution in [0.3, 0.4) is 0 Å². The predicted octanol–water partition coefficient (Wildman–Crippen LogP) is 2.33. The molecule has 2 aromatic heterocycles. The molecule has 1 N–H and O–H groups in total. The summed E-state index contributed by atoms with van der Waals surface area (Å²) in [4.78, 5) is 38.2. The fraction of sp³-hybridized carbons (Fsp3) is 0.333. The minimum absolute atomic E-state index is 0.144. The van der Waals surface area contributed by atoms with E-state index < -0.39 is 0 Å². The molecule has 3 aromatic rings. The second-order valence-corrected chi connectivity index (χ2v) is 8.25. The molecular formula is C21H23N5O3S. The SMILES string of the molecule is CNC(=O)c1sc2ccccc2c1[C@@H]1CN(C(=O)c2cnc(N(C)C)nc2)CCO1. The van der Waals surface area contributed by atoms with Crippen molar-refractivity contribution in [3.63, 3.8) is 0 Å². The van der Waals surface area contributed by atoms with Crippen molar-refractivity contribution in [2.45, 2.75) is 6.10 Å². The van der Waals surface area contributed by atoms with Gasteiger partial charge in [-0.3, -0.25) is 9.59 Å². The molecule has 0 bridgehead atoms. The maximum absolute atomic E-state index is 13.0. The highest BCUT2D eigenvalue weighted by Crippen LogP contribution is 2.38. The number of carbonyl (C=O) groups excluding carboxylic acids is 2. The van der Waals surface area contributed by atoms with Crippen LogP contribution in [0.1, 0.15) is 31.7 Å². The predicted molar refractivity (Wildman–Crippen MR) is 116 cm³/mol. The van der Waals surface area contributed by atoms with E-state index >= 15 is 0 Å². The summed E-state index contributed by atoms with van der Waals surface area (Å²) >= 11 is 1.44. The van der Waals surface area contributed by atoms with Gasteiger partial charge in [-0.15, -0.1) is 11.3 Å². The second-order valence-electron chi connectivity index (χ2n) is 7.20. The van der Waals surface area contributed by atoms with Crippen molar-refractivity contribution in [2.75, 3.05) is 45.7 Å². The van der Waals surface area contributed by atoms with Crippen LogP contribution < -0.4 is 10.2 Å². The first-order valence-corrected chi connectivity index (χ1v) is 10.4. The normalized spacial score (nSPS) is 16.5. The Labute approximate surface area is 178 Å². The van der Waals surface area contributed by atoms with Gasteiger partial charge >= 0.3 is 0 Å². The van der Waals surface area contributed by atoms with Crippen molar-refractivity contribution in [2.24, 2.45) is 0 Å². The highest BCUT2D eigenvalue weighted by atomic mass is 32.1. The Kier molecular flexibility index (Phi) is 5.65. The molecule has 4 rings (SSSR count). The number of nitrogens with zero attached hydrogens (tertiary/aromatic N) is 4. The van der Waals surface area contributed by atoms with E-state index in [9.17, 15) is 9.59 Å². The minimum Gasteiger partial charge on any atom is -0.370 e. The van der Waals surface area contributed by atoms with Crippen LogP contribution in [-0.2, 0) is 4.74 Å². The van der Waals surface area contributed by atoms with E-state index in [1.165, 1.54) is 11.3 Å². The molecule has 0 unspecified atom stereocenters. The average molecular weight is 426 g/mol. The zero-order valence-electron chi connectivity index (χ0n) is 17.1. The van der Waals surface area contributed by atoms with E-state index in [-0.39, 0.29) is 17.9 Å². The third-order valence-corrected chi connectivity index (χ3v) is 6.21. The van der Waals surface area contributed by atoms with Crippen LogP contribution in [0.4, 0.5) is 5.95 Å². The number of aromatic nitrogens is 2. The van der Waals surface area contributed by atoms with Gasteiger partial charge in [-0.2, -0.15) is 0 Å². The molecule has 8 nitrogen and oxygen atoms in total. The summed E-state index contributed by atoms with van der Waals surface area (Å²) in [5, 5.41) is 3.70. The Morgan fingerprint density at radius 1 is 1.23 bits per heavy atom. The highest BCUT2D eigenvalue weighted by Gasteiger charge is 2.31. The summed E-state index contributed by atoms with van der Waals surface area (Å²) < 4.78 is 7.05. The molecule has 0 radical (unpaired) electrons. The zero-order chi connectivity index (χ0) is 21.3. The molecular weight excluding hydrogens is 402 g/mol. The number of carbonyl (C=O) groups is 2. The van der Waals surface area contributed by atoms with E-state index in [4.69, 9.17) is 4.74 Å². The van der Waals surface area contributed by atoms with Crippen molar-refractivity contribution in [3.8, 4) is 0 Å². The Morgan fingerprint density at radius 2 is 1.97 bits per heavy atom. The van der Waals surface area contributed by atoms with Crippen LogP contribution in [0.15, 0.2) is 36.7 Å². The van der Waals surface area contributed by atoms with Gasteiger partial charge in [-0.05, 0) is 11.5 Å². The third kappa shape index (κ3) is 3.73. The summed E-state index contributed by atoms with van der Waals surface area (Å²) in [6.07, 6.45) is 2.71. The standard InChI is InChI=1S/C21H23N5O3S/c1-22-19(27)18-17(14-6-4-5-7-16(14)30-18)15-12-26(8-9-29-15)20(28)13-10-23-21(24-11-13)25(2)3/h4-7,10-11,15H,8-9,12H2,1-3H3,(H,22,27)/t15-/m0/s1. The van der Waals surface area contributed by atoms with Crippen LogP contribution in [0.25, 0.3) is 10.1 Å². The highest BCUT2D eigenvalue weighted by molar-refractivity contribution is 7.21. The van der Waals surface area contributed by atoms with Gasteiger partial charge in [0, 0.05) is 50.3 Å². The molecule has 0 spiro atoms. The molecule has 1 aliphatic rings. The van der Waals surface area contributed by atoms with E-state index in [0.717, 1.165) is 15.6 Å². The topological polar surface area (TPSA) is 87.7 Å². The summed E-state index contributed by atoms with van der Waals surface area (Å²) in [6, 6.07) is 7.88. The summed E-state index contributed by atoms with van der Waals surface area (Å²) in [6.45, 7) is 1.23. The summed E-state index contributed by atoms with van der Waals surface area (Å²) in [5.41, 5.74) is 1.27. The number of fused-ring (bicyclic) bond motifs is 1. The van der Waals surface area contributed by atoms with Crippen molar-refractivity contribution in [1.82, 2.24) is 20.2 Å². The molecule has 1 aliphatic heterocycles. The van der Waals surface area contributed by atoms with Gasteiger partial charge in [0.1, 0.15) is 6.10 Å². The van der Waals surface area contributed by atoms with Crippen LogP contribution >= 0.6 is 11.3 Å². The van der Waals surface area contributed by atoms with Gasteiger partial charge < -0.3 is 19.9 Å². The van der Waals surface area contributed by atoms with Gasteiger partial charge in [0.25, 0.3) is 11.8 Å². The summed E-state index contributed by atoms with van der Waals surface area (Å²) in [7, 11) is 5.31. The lowest BCUT2D eigenvalue weighted by Crippen LogP contribution is -2.42. The van der Waals surface area contributed by atoms with Gasteiger partial charge in [0.2, 0.25) is 5.95 Å². The molecule has 0 aliphatic carbocycles. The van der Waals surface area contributed by atoms with E-state index in [1.54, 1.807) is 29.2 Å². The van der Waals surface area contributed by atoms with Gasteiger partial charge in [-0.1, -0.05) is 18.2 Å². The van der Waals surface area contributed by atoms with Crippen molar-refractivity contribution >= 4 is 39.2 Å². The molecule has 30 heavy (non-hydrogen) atoms. The third-order valence-electron chi connectivity index (χ3n) is 5.03. The number of ether oxygens (including phenoxy) is 1. The number of rotatable bonds is 4. The van der Waals surface area contributed by atoms with Crippen molar-refractivity contribution in [3.05, 3.63) is 52.7 Å². The van der Waals surface area contributed by atoms with Crippen LogP contribution in [0.5, 0.6) is 0 Å². The average Bonchev–Trinajstić information content (AvgIpc) is 3.18. The zero-order valence-corrected chi connectivity index (χ0v) is 17.9. The second kappa shape index (κ2) is 8.37. The molecule has 1 aromatic carbocycles. The molecule has 0 saturated carbocycles. The van der Waals surface area contributed by atoms with Crippen LogP contribution in [0, 0.1) is 0 Å². The van der Waals surface area contributed by atoms with Gasteiger partial charge in [-0.25, -0.2) is 9.97 Å².